The fourth-order valence-corrected chi connectivity index (χ4v) is 4.27. The smallest absolute Gasteiger partial charge is 0.234 e. The van der Waals surface area contributed by atoms with E-state index in [4.69, 9.17) is 0 Å². The molecule has 2 aliphatic carbocycles. The van der Waals surface area contributed by atoms with E-state index in [2.05, 4.69) is 12.2 Å². The molecule has 4 atom stereocenters. The van der Waals surface area contributed by atoms with Crippen LogP contribution in [0.2, 0.25) is 0 Å². The van der Waals surface area contributed by atoms with Crippen molar-refractivity contribution >= 4 is 5.91 Å². The molecule has 20 heavy (non-hydrogen) atoms. The molecule has 0 saturated heterocycles. The third-order valence-corrected chi connectivity index (χ3v) is 4.89. The summed E-state index contributed by atoms with van der Waals surface area (Å²) in [5, 5.41) is 12.9. The van der Waals surface area contributed by atoms with E-state index < -0.39 is 5.60 Å². The van der Waals surface area contributed by atoms with Crippen LogP contribution in [0.5, 0.6) is 0 Å². The second-order valence-corrected chi connectivity index (χ2v) is 7.68. The van der Waals surface area contributed by atoms with Gasteiger partial charge in [0.2, 0.25) is 5.91 Å². The van der Waals surface area contributed by atoms with Crippen molar-refractivity contribution in [3.63, 3.8) is 0 Å². The fourth-order valence-electron chi connectivity index (χ4n) is 4.27. The average molecular weight is 282 g/mol. The molecule has 0 heterocycles. The van der Waals surface area contributed by atoms with Gasteiger partial charge in [-0.2, -0.15) is 0 Å². The molecule has 2 bridgehead atoms. The first-order chi connectivity index (χ1) is 9.24. The Bertz CT molecular complexity index is 351. The second-order valence-electron chi connectivity index (χ2n) is 7.68. The van der Waals surface area contributed by atoms with E-state index >= 15 is 0 Å². The van der Waals surface area contributed by atoms with Crippen molar-refractivity contribution in [3.8, 4) is 0 Å². The fraction of sp³-hybridized carbons (Fsp3) is 0.938. The Morgan fingerprint density at radius 1 is 1.40 bits per heavy atom. The summed E-state index contributed by atoms with van der Waals surface area (Å²) in [6.45, 7) is 6.54. The van der Waals surface area contributed by atoms with Gasteiger partial charge < -0.3 is 10.4 Å². The van der Waals surface area contributed by atoms with E-state index in [9.17, 15) is 9.90 Å². The maximum Gasteiger partial charge on any atom is 0.234 e. The Labute approximate surface area is 122 Å². The van der Waals surface area contributed by atoms with Crippen molar-refractivity contribution in [2.45, 2.75) is 58.1 Å². The number of carbonyl (C=O) groups is 1. The standard InChI is InChI=1S/C16H30N2O2/c1-11(14-8-12-5-6-13(14)7-12)17-15(19)9-18(4)10-16(2,3)20/h11-14,20H,5-10H2,1-4H3,(H,17,19). The van der Waals surface area contributed by atoms with Crippen LogP contribution in [0, 0.1) is 17.8 Å². The molecule has 0 spiro atoms. The predicted octanol–water partition coefficient (Wildman–Crippen LogP) is 1.63. The number of likely N-dealkylation sites (N-methyl/N-ethyl adjacent to an activating group) is 1. The van der Waals surface area contributed by atoms with Gasteiger partial charge in [0.05, 0.1) is 12.1 Å². The molecule has 1 amide bonds. The molecule has 4 heteroatoms. The number of amides is 1. The first-order valence-electron chi connectivity index (χ1n) is 7.95. The van der Waals surface area contributed by atoms with Crippen LogP contribution in [-0.4, -0.2) is 47.7 Å². The normalized spacial score (nSPS) is 30.8. The van der Waals surface area contributed by atoms with Crippen LogP contribution in [0.25, 0.3) is 0 Å². The van der Waals surface area contributed by atoms with Crippen LogP contribution in [0.4, 0.5) is 0 Å². The molecule has 4 nitrogen and oxygen atoms in total. The number of nitrogens with zero attached hydrogens (tertiary/aromatic N) is 1. The molecular weight excluding hydrogens is 252 g/mol. The maximum absolute atomic E-state index is 12.1. The van der Waals surface area contributed by atoms with Crippen molar-refractivity contribution in [3.05, 3.63) is 0 Å². The summed E-state index contributed by atoms with van der Waals surface area (Å²) in [5.41, 5.74) is -0.759. The van der Waals surface area contributed by atoms with Crippen LogP contribution in [-0.2, 0) is 4.79 Å². The summed E-state index contributed by atoms with van der Waals surface area (Å²) >= 11 is 0. The number of aliphatic hydroxyl groups is 1. The van der Waals surface area contributed by atoms with Crippen molar-refractivity contribution in [2.75, 3.05) is 20.1 Å². The number of hydrogen-bond acceptors (Lipinski definition) is 3. The minimum absolute atomic E-state index is 0.0759. The van der Waals surface area contributed by atoms with Gasteiger partial charge in [-0.05, 0) is 64.8 Å². The lowest BCUT2D eigenvalue weighted by Gasteiger charge is -2.30. The van der Waals surface area contributed by atoms with Gasteiger partial charge in [-0.3, -0.25) is 9.69 Å². The molecule has 2 N–H and O–H groups in total. The van der Waals surface area contributed by atoms with Crippen LogP contribution in [0.3, 0.4) is 0 Å². The van der Waals surface area contributed by atoms with Gasteiger partial charge in [-0.1, -0.05) is 6.42 Å². The number of fused-ring (bicyclic) bond motifs is 2. The topological polar surface area (TPSA) is 52.6 Å². The van der Waals surface area contributed by atoms with Crippen LogP contribution >= 0.6 is 0 Å². The lowest BCUT2D eigenvalue weighted by Crippen LogP contribution is -2.46. The zero-order valence-corrected chi connectivity index (χ0v) is 13.4. The van der Waals surface area contributed by atoms with Gasteiger partial charge in [0.25, 0.3) is 0 Å². The molecule has 116 valence electrons. The van der Waals surface area contributed by atoms with Crippen molar-refractivity contribution in [1.29, 1.82) is 0 Å². The van der Waals surface area contributed by atoms with Gasteiger partial charge in [0.1, 0.15) is 0 Å². The predicted molar refractivity (Wildman–Crippen MR) is 80.3 cm³/mol. The Kier molecular flexibility index (Phi) is 4.75. The van der Waals surface area contributed by atoms with Crippen LogP contribution in [0.15, 0.2) is 0 Å². The molecule has 0 aliphatic heterocycles. The van der Waals surface area contributed by atoms with E-state index in [0.29, 0.717) is 19.0 Å². The minimum atomic E-state index is -0.759. The van der Waals surface area contributed by atoms with Gasteiger partial charge in [0.15, 0.2) is 0 Å². The monoisotopic (exact) mass is 282 g/mol. The number of carbonyl (C=O) groups excluding carboxylic acids is 1. The number of nitrogens with one attached hydrogen (secondary N) is 1. The van der Waals surface area contributed by atoms with Crippen molar-refractivity contribution in [1.82, 2.24) is 10.2 Å². The first kappa shape index (κ1) is 15.8. The summed E-state index contributed by atoms with van der Waals surface area (Å²) in [6.07, 6.45) is 5.43. The van der Waals surface area contributed by atoms with Gasteiger partial charge in [-0.25, -0.2) is 0 Å². The molecule has 0 radical (unpaired) electrons. The zero-order valence-electron chi connectivity index (χ0n) is 13.4. The van der Waals surface area contributed by atoms with Crippen LogP contribution < -0.4 is 5.32 Å². The van der Waals surface area contributed by atoms with Gasteiger partial charge in [0, 0.05) is 12.6 Å². The molecule has 0 aromatic carbocycles. The number of hydrogen-bond donors (Lipinski definition) is 2. The third kappa shape index (κ3) is 4.19. The maximum atomic E-state index is 12.1. The molecule has 0 aromatic heterocycles. The quantitative estimate of drug-likeness (QED) is 0.778. The highest BCUT2D eigenvalue weighted by atomic mass is 16.3. The van der Waals surface area contributed by atoms with E-state index in [1.807, 2.05) is 11.9 Å². The van der Waals surface area contributed by atoms with Gasteiger partial charge in [-0.15, -0.1) is 0 Å². The Balaban J connectivity index is 1.74. The van der Waals surface area contributed by atoms with Crippen LogP contribution in [0.1, 0.15) is 46.5 Å². The lowest BCUT2D eigenvalue weighted by atomic mass is 9.84. The zero-order chi connectivity index (χ0) is 14.9. The molecule has 4 unspecified atom stereocenters. The Morgan fingerprint density at radius 3 is 2.60 bits per heavy atom. The lowest BCUT2D eigenvalue weighted by molar-refractivity contribution is -0.123. The number of rotatable bonds is 6. The first-order valence-corrected chi connectivity index (χ1v) is 7.95. The molecule has 2 saturated carbocycles. The summed E-state index contributed by atoms with van der Waals surface area (Å²) in [5.74, 6) is 2.51. The molecule has 2 fully saturated rings. The van der Waals surface area contributed by atoms with E-state index in [-0.39, 0.29) is 11.9 Å². The molecule has 2 rings (SSSR count). The summed E-state index contributed by atoms with van der Waals surface area (Å²) in [7, 11) is 1.87. The molecular formula is C16H30N2O2. The summed E-state index contributed by atoms with van der Waals surface area (Å²) in [6, 6.07) is 0.285. The highest BCUT2D eigenvalue weighted by Gasteiger charge is 2.42. The SMILES string of the molecule is CC(NC(=O)CN(C)CC(C)(C)O)C1CC2CCC1C2. The van der Waals surface area contributed by atoms with E-state index in [1.54, 1.807) is 13.8 Å². The molecule has 2 aliphatic rings. The second kappa shape index (κ2) is 6.02. The summed E-state index contributed by atoms with van der Waals surface area (Å²) in [4.78, 5) is 14.0. The third-order valence-electron chi connectivity index (χ3n) is 4.89. The van der Waals surface area contributed by atoms with Crippen molar-refractivity contribution < 1.29 is 9.90 Å². The average Bonchev–Trinajstić information content (AvgIpc) is 2.86. The van der Waals surface area contributed by atoms with Crippen molar-refractivity contribution in [2.24, 2.45) is 17.8 Å². The summed E-state index contributed by atoms with van der Waals surface area (Å²) < 4.78 is 0. The Morgan fingerprint density at radius 2 is 2.10 bits per heavy atom. The molecule has 0 aromatic rings. The van der Waals surface area contributed by atoms with E-state index in [1.165, 1.54) is 25.7 Å². The highest BCUT2D eigenvalue weighted by Crippen LogP contribution is 2.49. The highest BCUT2D eigenvalue weighted by molar-refractivity contribution is 5.78. The minimum Gasteiger partial charge on any atom is -0.389 e. The van der Waals surface area contributed by atoms with E-state index in [0.717, 1.165) is 11.8 Å². The van der Waals surface area contributed by atoms with Gasteiger partial charge >= 0.3 is 0 Å². The Hall–Kier alpha value is -0.610. The largest absolute Gasteiger partial charge is 0.389 e.